The van der Waals surface area contributed by atoms with Crippen molar-refractivity contribution in [3.63, 3.8) is 0 Å². The largest absolute Gasteiger partial charge is 0.466 e. The first-order chi connectivity index (χ1) is 31.0. The predicted octanol–water partition coefficient (Wildman–Crippen LogP) is 17.1. The Morgan fingerprint density at radius 1 is 0.429 bits per heavy atom. The van der Waals surface area contributed by atoms with Crippen LogP contribution in [0.15, 0.2) is 24.3 Å². The highest BCUT2D eigenvalue weighted by molar-refractivity contribution is 5.76. The van der Waals surface area contributed by atoms with Crippen LogP contribution in [0.2, 0.25) is 0 Å². The van der Waals surface area contributed by atoms with E-state index in [0.29, 0.717) is 25.9 Å². The van der Waals surface area contributed by atoms with Gasteiger partial charge in [0.1, 0.15) is 0 Å². The van der Waals surface area contributed by atoms with Gasteiger partial charge in [0.05, 0.1) is 25.4 Å². The zero-order chi connectivity index (χ0) is 45.8. The molecule has 0 heterocycles. The number of carbonyl (C=O) groups excluding carboxylic acids is 2. The number of carbonyl (C=O) groups is 2. The Kier molecular flexibility index (Phi) is 51.6. The molecular formula is C57H109NO5. The molecule has 0 rings (SSSR count). The molecule has 0 fully saturated rings. The SMILES string of the molecule is CCCCCCCCC/C=C\CCCCCCCCCC(=O)OCCCCCC/C=C\CCCC(=O)NC(CO)C(O)CCCCCCCCCCCCCCCCCCCCC. The summed E-state index contributed by atoms with van der Waals surface area (Å²) in [5.41, 5.74) is 0. The Labute approximate surface area is 392 Å². The number of hydrogen-bond acceptors (Lipinski definition) is 5. The van der Waals surface area contributed by atoms with Gasteiger partial charge in [-0.25, -0.2) is 0 Å². The summed E-state index contributed by atoms with van der Waals surface area (Å²) in [6.07, 6.45) is 63.1. The van der Waals surface area contributed by atoms with Gasteiger partial charge in [-0.05, 0) is 70.6 Å². The van der Waals surface area contributed by atoms with Crippen LogP contribution in [-0.4, -0.2) is 47.4 Å². The highest BCUT2D eigenvalue weighted by Gasteiger charge is 2.20. The van der Waals surface area contributed by atoms with E-state index in [1.54, 1.807) is 0 Å². The number of aliphatic hydroxyl groups is 2. The number of esters is 1. The molecule has 2 unspecified atom stereocenters. The van der Waals surface area contributed by atoms with Crippen LogP contribution in [-0.2, 0) is 14.3 Å². The monoisotopic (exact) mass is 888 g/mol. The fourth-order valence-corrected chi connectivity index (χ4v) is 8.64. The van der Waals surface area contributed by atoms with Gasteiger partial charge in [-0.3, -0.25) is 9.59 Å². The van der Waals surface area contributed by atoms with Gasteiger partial charge in [-0.2, -0.15) is 0 Å². The molecule has 63 heavy (non-hydrogen) atoms. The quantitative estimate of drug-likeness (QED) is 0.0321. The smallest absolute Gasteiger partial charge is 0.305 e. The molecule has 372 valence electrons. The van der Waals surface area contributed by atoms with Crippen LogP contribution in [0.4, 0.5) is 0 Å². The summed E-state index contributed by atoms with van der Waals surface area (Å²) in [6.45, 7) is 4.87. The Hall–Kier alpha value is -1.66. The van der Waals surface area contributed by atoms with Crippen LogP contribution in [0, 0.1) is 0 Å². The molecule has 0 aliphatic heterocycles. The second kappa shape index (κ2) is 53.0. The molecule has 0 aliphatic carbocycles. The molecule has 0 bridgehead atoms. The Balaban J connectivity index is 3.52. The van der Waals surface area contributed by atoms with Gasteiger partial charge in [-0.15, -0.1) is 0 Å². The lowest BCUT2D eigenvalue weighted by molar-refractivity contribution is -0.143. The van der Waals surface area contributed by atoms with Crippen LogP contribution in [0.3, 0.4) is 0 Å². The normalized spacial score (nSPS) is 12.8. The summed E-state index contributed by atoms with van der Waals surface area (Å²) in [7, 11) is 0. The third-order valence-electron chi connectivity index (χ3n) is 13.0. The van der Waals surface area contributed by atoms with Crippen LogP contribution in [0.1, 0.15) is 303 Å². The van der Waals surface area contributed by atoms with E-state index >= 15 is 0 Å². The van der Waals surface area contributed by atoms with Gasteiger partial charge in [0.15, 0.2) is 0 Å². The van der Waals surface area contributed by atoms with Crippen molar-refractivity contribution in [2.45, 2.75) is 315 Å². The maximum Gasteiger partial charge on any atom is 0.305 e. The fourth-order valence-electron chi connectivity index (χ4n) is 8.64. The van der Waals surface area contributed by atoms with Crippen molar-refractivity contribution in [1.29, 1.82) is 0 Å². The average molecular weight is 889 g/mol. The van der Waals surface area contributed by atoms with E-state index in [1.165, 1.54) is 199 Å². The van der Waals surface area contributed by atoms with E-state index in [0.717, 1.165) is 70.6 Å². The summed E-state index contributed by atoms with van der Waals surface area (Å²) in [6, 6.07) is -0.580. The number of aliphatic hydroxyl groups excluding tert-OH is 2. The topological polar surface area (TPSA) is 95.9 Å². The molecule has 6 nitrogen and oxygen atoms in total. The van der Waals surface area contributed by atoms with Crippen LogP contribution in [0.25, 0.3) is 0 Å². The third kappa shape index (κ3) is 49.6. The maximum absolute atomic E-state index is 12.5. The van der Waals surface area contributed by atoms with Gasteiger partial charge < -0.3 is 20.3 Å². The molecule has 0 aromatic rings. The maximum atomic E-state index is 12.5. The lowest BCUT2D eigenvalue weighted by atomic mass is 10.0. The second-order valence-corrected chi connectivity index (χ2v) is 19.3. The number of allylic oxidation sites excluding steroid dienone is 4. The Morgan fingerprint density at radius 2 is 0.762 bits per heavy atom. The minimum Gasteiger partial charge on any atom is -0.466 e. The lowest BCUT2D eigenvalue weighted by Crippen LogP contribution is -2.45. The summed E-state index contributed by atoms with van der Waals surface area (Å²) in [4.78, 5) is 24.5. The summed E-state index contributed by atoms with van der Waals surface area (Å²) < 4.78 is 5.45. The molecule has 0 saturated heterocycles. The van der Waals surface area contributed by atoms with Crippen molar-refractivity contribution in [2.75, 3.05) is 13.2 Å². The summed E-state index contributed by atoms with van der Waals surface area (Å²) in [5.74, 6) is -0.132. The first kappa shape index (κ1) is 61.3. The number of nitrogens with one attached hydrogen (secondary N) is 1. The Bertz CT molecular complexity index is 982. The molecule has 0 radical (unpaired) electrons. The standard InChI is InChI=1S/C57H109NO5/c1-3-5-7-9-11-13-15-17-19-21-23-24-26-28-30-33-37-41-45-49-55(60)54(53-59)58-56(61)50-46-42-38-34-32-36-40-44-48-52-63-57(62)51-47-43-39-35-31-29-27-25-22-20-18-16-14-12-10-8-6-4-2/h20,22,34,38,54-55,59-60H,3-19,21,23-33,35-37,39-53H2,1-2H3,(H,58,61)/b22-20-,38-34-. The minimum atomic E-state index is -0.696. The van der Waals surface area contributed by atoms with E-state index in [4.69, 9.17) is 4.74 Å². The van der Waals surface area contributed by atoms with E-state index in [9.17, 15) is 19.8 Å². The van der Waals surface area contributed by atoms with Crippen LogP contribution >= 0.6 is 0 Å². The molecule has 2 atom stereocenters. The number of amides is 1. The summed E-state index contributed by atoms with van der Waals surface area (Å²) in [5, 5.41) is 23.2. The second-order valence-electron chi connectivity index (χ2n) is 19.3. The number of ether oxygens (including phenoxy) is 1. The van der Waals surface area contributed by atoms with Crippen LogP contribution in [0.5, 0.6) is 0 Å². The van der Waals surface area contributed by atoms with Crippen molar-refractivity contribution in [2.24, 2.45) is 0 Å². The van der Waals surface area contributed by atoms with E-state index < -0.39 is 12.1 Å². The van der Waals surface area contributed by atoms with Crippen molar-refractivity contribution >= 4 is 11.9 Å². The molecule has 0 spiro atoms. The van der Waals surface area contributed by atoms with E-state index in [1.807, 2.05) is 0 Å². The summed E-state index contributed by atoms with van der Waals surface area (Å²) >= 11 is 0. The number of rotatable bonds is 52. The van der Waals surface area contributed by atoms with E-state index in [-0.39, 0.29) is 18.5 Å². The van der Waals surface area contributed by atoms with Gasteiger partial charge in [-0.1, -0.05) is 244 Å². The minimum absolute atomic E-state index is 0.0380. The molecule has 0 aromatic carbocycles. The van der Waals surface area contributed by atoms with Gasteiger partial charge >= 0.3 is 5.97 Å². The van der Waals surface area contributed by atoms with Gasteiger partial charge in [0, 0.05) is 12.8 Å². The van der Waals surface area contributed by atoms with Gasteiger partial charge in [0.25, 0.3) is 0 Å². The molecule has 0 aliphatic rings. The highest BCUT2D eigenvalue weighted by atomic mass is 16.5. The zero-order valence-electron chi connectivity index (χ0n) is 42.3. The van der Waals surface area contributed by atoms with Crippen molar-refractivity contribution < 1.29 is 24.5 Å². The molecule has 1 amide bonds. The number of hydrogen-bond donors (Lipinski definition) is 3. The molecule has 0 saturated carbocycles. The van der Waals surface area contributed by atoms with Crippen LogP contribution < -0.4 is 5.32 Å². The van der Waals surface area contributed by atoms with E-state index in [2.05, 4.69) is 43.5 Å². The first-order valence-electron chi connectivity index (χ1n) is 28.1. The molecule has 6 heteroatoms. The van der Waals surface area contributed by atoms with Crippen molar-refractivity contribution in [1.82, 2.24) is 5.32 Å². The Morgan fingerprint density at radius 3 is 1.16 bits per heavy atom. The van der Waals surface area contributed by atoms with Crippen molar-refractivity contribution in [3.05, 3.63) is 24.3 Å². The molecular weight excluding hydrogens is 779 g/mol. The highest BCUT2D eigenvalue weighted by Crippen LogP contribution is 2.17. The molecule has 0 aromatic heterocycles. The third-order valence-corrected chi connectivity index (χ3v) is 13.0. The molecule has 3 N–H and O–H groups in total. The first-order valence-corrected chi connectivity index (χ1v) is 28.1. The number of unbranched alkanes of at least 4 members (excludes halogenated alkanes) is 37. The van der Waals surface area contributed by atoms with Crippen molar-refractivity contribution in [3.8, 4) is 0 Å². The zero-order valence-corrected chi connectivity index (χ0v) is 42.3. The van der Waals surface area contributed by atoms with Gasteiger partial charge in [0.2, 0.25) is 5.91 Å². The predicted molar refractivity (Wildman–Crippen MR) is 273 cm³/mol. The average Bonchev–Trinajstić information content (AvgIpc) is 3.28. The fraction of sp³-hybridized carbons (Fsp3) is 0.895. The lowest BCUT2D eigenvalue weighted by Gasteiger charge is -2.22.